The van der Waals surface area contributed by atoms with Crippen molar-refractivity contribution in [3.63, 3.8) is 0 Å². The highest BCUT2D eigenvalue weighted by Crippen LogP contribution is 2.53. The van der Waals surface area contributed by atoms with Gasteiger partial charge in [-0.3, -0.25) is 0 Å². The molecule has 0 unspecified atom stereocenters. The van der Waals surface area contributed by atoms with Crippen molar-refractivity contribution in [2.24, 2.45) is 0 Å². The summed E-state index contributed by atoms with van der Waals surface area (Å²) in [5, 5.41) is 0. The molecule has 5 nitrogen and oxygen atoms in total. The van der Waals surface area contributed by atoms with Gasteiger partial charge in [-0.2, -0.15) is 0 Å². The predicted octanol–water partition coefficient (Wildman–Crippen LogP) is 11.6. The highest BCUT2D eigenvalue weighted by molar-refractivity contribution is 7.09. The maximum Gasteiger partial charge on any atom is 0.252 e. The van der Waals surface area contributed by atoms with Crippen molar-refractivity contribution < 1.29 is 4.74 Å². The largest absolute Gasteiger partial charge is 0.458 e. The molecule has 9 heteroatoms. The first-order chi connectivity index (χ1) is 42.0. The van der Waals surface area contributed by atoms with Crippen molar-refractivity contribution in [1.29, 1.82) is 0 Å². The number of para-hydroxylation sites is 5. The molecule has 0 aromatic heterocycles. The zero-order valence-electron chi connectivity index (χ0n) is 49.9. The van der Waals surface area contributed by atoms with Gasteiger partial charge < -0.3 is 24.3 Å². The lowest BCUT2D eigenvalue weighted by Gasteiger charge is -2.56. The molecule has 86 heavy (non-hydrogen) atoms. The SMILES string of the molecule is Cc1ccc2c(c1)B1c3ccccc3N3c4cc(N(c5ccccc5)c5ccccc5)ccc4B4c5cc6c(cc5N5c7ccccc7B7c8cc(C)ccc8N2c2c1c3c4c5c27)Oc1ccccc1B6c1c(C(C)C)cc(C(C)C)cc1C(C)C. The average Bonchev–Trinajstić information content (AvgIpc) is 0.664. The second-order valence-corrected chi connectivity index (χ2v) is 26.2. The molecule has 0 saturated heterocycles. The Bertz CT molecular complexity index is 4690. The van der Waals surface area contributed by atoms with Gasteiger partial charge in [0, 0.05) is 74.3 Å². The molecule has 7 aliphatic heterocycles. The molecule has 11 aromatic rings. The molecule has 0 atom stereocenters. The first kappa shape index (κ1) is 50.0. The van der Waals surface area contributed by atoms with E-state index in [0.717, 1.165) is 28.6 Å². The van der Waals surface area contributed by atoms with E-state index in [9.17, 15) is 0 Å². The van der Waals surface area contributed by atoms with E-state index in [0.29, 0.717) is 17.8 Å². The number of anilines is 12. The van der Waals surface area contributed by atoms with Crippen molar-refractivity contribution in [3.05, 3.63) is 240 Å². The third-order valence-corrected chi connectivity index (χ3v) is 20.3. The minimum absolute atomic E-state index is 0.0162. The monoisotopic (exact) mass is 1100 g/mol. The number of fused-ring (bicyclic) bond motifs is 20. The highest BCUT2D eigenvalue weighted by atomic mass is 16.5. The quantitative estimate of drug-likeness (QED) is 0.148. The van der Waals surface area contributed by atoms with E-state index in [4.69, 9.17) is 4.74 Å². The molecule has 0 fully saturated rings. The maximum atomic E-state index is 7.46. The Morgan fingerprint density at radius 1 is 0.314 bits per heavy atom. The van der Waals surface area contributed by atoms with E-state index >= 15 is 0 Å². The van der Waals surface area contributed by atoms with Crippen LogP contribution < -0.4 is 89.9 Å². The molecule has 0 aliphatic carbocycles. The van der Waals surface area contributed by atoms with Crippen LogP contribution in [-0.4, -0.2) is 26.9 Å². The van der Waals surface area contributed by atoms with Gasteiger partial charge in [-0.1, -0.05) is 198 Å². The summed E-state index contributed by atoms with van der Waals surface area (Å²) in [6.45, 7) is 18.5. The molecule has 0 saturated carbocycles. The van der Waals surface area contributed by atoms with Crippen molar-refractivity contribution in [2.75, 3.05) is 19.6 Å². The lowest BCUT2D eigenvalue weighted by Crippen LogP contribution is -2.75. The molecule has 7 aliphatic rings. The Labute approximate surface area is 506 Å². The zero-order valence-corrected chi connectivity index (χ0v) is 49.9. The van der Waals surface area contributed by atoms with Crippen LogP contribution in [0.3, 0.4) is 0 Å². The van der Waals surface area contributed by atoms with Gasteiger partial charge >= 0.3 is 0 Å². The van der Waals surface area contributed by atoms with Crippen LogP contribution in [0.5, 0.6) is 11.5 Å². The van der Waals surface area contributed by atoms with E-state index in [-0.39, 0.29) is 26.9 Å². The molecule has 408 valence electrons. The summed E-state index contributed by atoms with van der Waals surface area (Å²) in [5.41, 5.74) is 37.5. The van der Waals surface area contributed by atoms with Crippen LogP contribution >= 0.6 is 0 Å². The smallest absolute Gasteiger partial charge is 0.252 e. The molecule has 0 radical (unpaired) electrons. The van der Waals surface area contributed by atoms with E-state index in [1.165, 1.54) is 145 Å². The number of hydrogen-bond donors (Lipinski definition) is 0. The Balaban J connectivity index is 1.01. The fraction of sp³-hybridized carbons (Fsp3) is 0.143. The molecular formula is C77H62B4N4O. The van der Waals surface area contributed by atoms with Gasteiger partial charge in [0.25, 0.3) is 26.9 Å². The summed E-state index contributed by atoms with van der Waals surface area (Å²) in [6, 6.07) is 81.6. The van der Waals surface area contributed by atoms with Crippen LogP contribution in [-0.2, 0) is 0 Å². The summed E-state index contributed by atoms with van der Waals surface area (Å²) in [5.74, 6) is 2.86. The van der Waals surface area contributed by atoms with Crippen LogP contribution in [0, 0.1) is 13.8 Å². The number of hydrogen-bond acceptors (Lipinski definition) is 5. The fourth-order valence-electron chi connectivity index (χ4n) is 16.8. The summed E-state index contributed by atoms with van der Waals surface area (Å²) in [7, 11) is 0. The van der Waals surface area contributed by atoms with Crippen LogP contribution in [0.1, 0.15) is 87.1 Å². The number of ether oxygens (including phenoxy) is 1. The van der Waals surface area contributed by atoms with Crippen LogP contribution in [0.15, 0.2) is 212 Å². The van der Waals surface area contributed by atoms with Crippen LogP contribution in [0.2, 0.25) is 0 Å². The molecule has 7 heterocycles. The van der Waals surface area contributed by atoms with Gasteiger partial charge in [-0.05, 0) is 175 Å². The molecular weight excluding hydrogens is 1040 g/mol. The van der Waals surface area contributed by atoms with Crippen molar-refractivity contribution in [1.82, 2.24) is 0 Å². The van der Waals surface area contributed by atoms with Crippen molar-refractivity contribution >= 4 is 161 Å². The van der Waals surface area contributed by atoms with E-state index < -0.39 is 0 Å². The average molecular weight is 1100 g/mol. The molecule has 0 spiro atoms. The van der Waals surface area contributed by atoms with Gasteiger partial charge in [-0.15, -0.1) is 0 Å². The Kier molecular flexibility index (Phi) is 10.5. The topological polar surface area (TPSA) is 22.2 Å². The van der Waals surface area contributed by atoms with Gasteiger partial charge in [0.2, 0.25) is 0 Å². The highest BCUT2D eigenvalue weighted by Gasteiger charge is 2.58. The standard InChI is InChI=1S/C77H62B4N4O/c1-44(2)49-39-53(45(3)4)71(54(40-49)46(5)6)81-58-27-17-20-30-69(58)86-70-43-68-61(42-62(70)81)80-57-34-33-52(82(50-21-11-9-12-22-50)51-23-13-10-14-24-51)41-67(57)84-63-28-18-15-25-55(63)78-59-37-47(7)31-35-65(59)83-66-36-32-48(8)38-60(66)79-56-26-16-19-29-64(56)85(68)77-73(79)75(83)72(78)76(84)74(77)80/h9-46H,1-8H3. The summed E-state index contributed by atoms with van der Waals surface area (Å²) >= 11 is 0. The minimum atomic E-state index is -0.154. The van der Waals surface area contributed by atoms with E-state index in [2.05, 4.69) is 287 Å². The number of nitrogens with zero attached hydrogens (tertiary/aromatic N) is 4. The van der Waals surface area contributed by atoms with Gasteiger partial charge in [0.05, 0.1) is 0 Å². The Morgan fingerprint density at radius 2 is 0.744 bits per heavy atom. The second-order valence-electron chi connectivity index (χ2n) is 26.2. The molecule has 0 bridgehead atoms. The molecule has 0 N–H and O–H groups in total. The van der Waals surface area contributed by atoms with Gasteiger partial charge in [-0.25, -0.2) is 0 Å². The van der Waals surface area contributed by atoms with Crippen molar-refractivity contribution in [3.8, 4) is 11.5 Å². The second kappa shape index (κ2) is 18.1. The fourth-order valence-corrected chi connectivity index (χ4v) is 16.8. The molecule has 18 rings (SSSR count). The van der Waals surface area contributed by atoms with Crippen molar-refractivity contribution in [2.45, 2.75) is 73.1 Å². The van der Waals surface area contributed by atoms with E-state index in [1.54, 1.807) is 0 Å². The first-order valence-electron chi connectivity index (χ1n) is 31.2. The van der Waals surface area contributed by atoms with Crippen LogP contribution in [0.25, 0.3) is 0 Å². The summed E-state index contributed by atoms with van der Waals surface area (Å²) in [4.78, 5) is 10.6. The number of benzene rings is 11. The van der Waals surface area contributed by atoms with Crippen LogP contribution in [0.4, 0.5) is 68.2 Å². The number of aryl methyl sites for hydroxylation is 2. The molecule has 0 amide bonds. The Hall–Kier alpha value is -9.32. The van der Waals surface area contributed by atoms with Gasteiger partial charge in [0.1, 0.15) is 11.5 Å². The molecule has 11 aromatic carbocycles. The predicted molar refractivity (Wildman–Crippen MR) is 368 cm³/mol. The van der Waals surface area contributed by atoms with Gasteiger partial charge in [0.15, 0.2) is 0 Å². The zero-order chi connectivity index (χ0) is 57.7. The third-order valence-electron chi connectivity index (χ3n) is 20.3. The maximum absolute atomic E-state index is 7.46. The summed E-state index contributed by atoms with van der Waals surface area (Å²) in [6.07, 6.45) is 0. The third kappa shape index (κ3) is 6.66. The lowest BCUT2D eigenvalue weighted by molar-refractivity contribution is 0.487. The first-order valence-corrected chi connectivity index (χ1v) is 31.2. The normalized spacial score (nSPS) is 14.3. The van der Waals surface area contributed by atoms with E-state index in [1.807, 2.05) is 0 Å². The lowest BCUT2D eigenvalue weighted by atomic mass is 9.24. The Morgan fingerprint density at radius 3 is 1.27 bits per heavy atom. The minimum Gasteiger partial charge on any atom is -0.458 e. The number of rotatable bonds is 7. The summed E-state index contributed by atoms with van der Waals surface area (Å²) < 4.78 is 7.46.